The first kappa shape index (κ1) is 31.5. The minimum absolute atomic E-state index is 0.0505. The predicted molar refractivity (Wildman–Crippen MR) is 158 cm³/mol. The molecule has 4 aliphatic heterocycles. The highest BCUT2D eigenvalue weighted by Crippen LogP contribution is 2.45. The zero-order valence-corrected chi connectivity index (χ0v) is 25.4. The monoisotopic (exact) mass is 631 g/mol. The molecule has 45 heavy (non-hydrogen) atoms. The third-order valence-electron chi connectivity index (χ3n) is 9.01. The molecule has 0 amide bonds. The van der Waals surface area contributed by atoms with E-state index < -0.39 is 46.1 Å². The third kappa shape index (κ3) is 6.08. The molecule has 3 unspecified atom stereocenters. The number of nitrogen functional groups attached to an aromatic ring is 1. The Hall–Kier alpha value is -3.44. The van der Waals surface area contributed by atoms with Crippen LogP contribution in [0.15, 0.2) is 18.2 Å². The van der Waals surface area contributed by atoms with Gasteiger partial charge >= 0.3 is 12.2 Å². The number of hydrogen-bond donors (Lipinski definition) is 2. The van der Waals surface area contributed by atoms with Gasteiger partial charge in [0.1, 0.15) is 18.0 Å². The van der Waals surface area contributed by atoms with Crippen molar-refractivity contribution in [2.24, 2.45) is 0 Å². The largest absolute Gasteiger partial charge is 0.461 e. The van der Waals surface area contributed by atoms with Crippen LogP contribution in [0, 0.1) is 17.7 Å². The van der Waals surface area contributed by atoms with Crippen LogP contribution in [-0.4, -0.2) is 77.1 Å². The number of nitrogens with two attached hydrogens (primary N) is 1. The number of β-amino-alcohol motifs (C(OH)–C–C–N with tert-alkyl or cyclic N) is 1. The minimum Gasteiger partial charge on any atom is -0.461 e. The first-order chi connectivity index (χ1) is 21.3. The average molecular weight is 632 g/mol. The Labute approximate surface area is 259 Å². The first-order valence-corrected chi connectivity index (χ1v) is 15.0. The molecule has 6 rings (SSSR count). The van der Waals surface area contributed by atoms with Crippen molar-refractivity contribution in [1.82, 2.24) is 14.9 Å². The van der Waals surface area contributed by atoms with Gasteiger partial charge < -0.3 is 30.0 Å². The number of halogens is 4. The van der Waals surface area contributed by atoms with Crippen molar-refractivity contribution in [1.29, 1.82) is 0 Å². The predicted octanol–water partition coefficient (Wildman–Crippen LogP) is 4.16. The number of nitrogens with zero attached hydrogens (tertiary/aromatic N) is 4. The minimum atomic E-state index is -4.92. The molecule has 5 heterocycles. The van der Waals surface area contributed by atoms with E-state index in [2.05, 4.69) is 28.3 Å². The summed E-state index contributed by atoms with van der Waals surface area (Å²) in [6.45, 7) is 10.1. The molecule has 2 aromatic rings. The molecule has 3 atom stereocenters. The van der Waals surface area contributed by atoms with Crippen LogP contribution in [0.3, 0.4) is 0 Å². The molecule has 0 bridgehead atoms. The average Bonchev–Trinajstić information content (AvgIpc) is 3.42. The number of rotatable bonds is 5. The van der Waals surface area contributed by atoms with Gasteiger partial charge in [0.25, 0.3) is 0 Å². The molecule has 0 radical (unpaired) electrons. The number of aliphatic hydroxyl groups is 1. The molecule has 0 saturated carbocycles. The maximum atomic E-state index is 15.5. The van der Waals surface area contributed by atoms with E-state index in [4.69, 9.17) is 24.9 Å². The van der Waals surface area contributed by atoms with Crippen molar-refractivity contribution in [3.8, 4) is 17.9 Å². The number of alkyl halides is 3. The van der Waals surface area contributed by atoms with Gasteiger partial charge in [-0.3, -0.25) is 4.90 Å². The van der Waals surface area contributed by atoms with Crippen LogP contribution in [0.5, 0.6) is 6.01 Å². The highest BCUT2D eigenvalue weighted by molar-refractivity contribution is 5.59. The first-order valence-electron chi connectivity index (χ1n) is 15.0. The van der Waals surface area contributed by atoms with Crippen molar-refractivity contribution in [3.63, 3.8) is 0 Å². The molecule has 13 heteroatoms. The molecular formula is C32H37F4N5O4. The number of ether oxygens (including phenoxy) is 3. The van der Waals surface area contributed by atoms with Crippen LogP contribution in [0.4, 0.5) is 29.1 Å². The van der Waals surface area contributed by atoms with Crippen molar-refractivity contribution >= 4 is 11.5 Å². The van der Waals surface area contributed by atoms with E-state index in [0.717, 1.165) is 44.0 Å². The molecule has 0 spiro atoms. The fourth-order valence-corrected chi connectivity index (χ4v) is 7.11. The molecule has 0 aliphatic carbocycles. The molecule has 1 aromatic carbocycles. The van der Waals surface area contributed by atoms with E-state index in [1.54, 1.807) is 6.92 Å². The van der Waals surface area contributed by atoms with Crippen LogP contribution in [0.1, 0.15) is 67.2 Å². The van der Waals surface area contributed by atoms with Crippen LogP contribution in [0.2, 0.25) is 0 Å². The Morgan fingerprint density at radius 1 is 1.29 bits per heavy atom. The molecule has 3 N–H and O–H groups in total. The maximum absolute atomic E-state index is 15.5. The number of benzene rings is 1. The van der Waals surface area contributed by atoms with Gasteiger partial charge in [-0.1, -0.05) is 18.1 Å². The lowest BCUT2D eigenvalue weighted by Crippen LogP contribution is -2.44. The Morgan fingerprint density at radius 3 is 2.84 bits per heavy atom. The van der Waals surface area contributed by atoms with Gasteiger partial charge in [-0.2, -0.15) is 23.1 Å². The Bertz CT molecular complexity index is 1570. The summed E-state index contributed by atoms with van der Waals surface area (Å²) in [6.07, 6.45) is -3.71. The highest BCUT2D eigenvalue weighted by Gasteiger charge is 2.47. The van der Waals surface area contributed by atoms with Crippen molar-refractivity contribution in [2.45, 2.75) is 69.6 Å². The van der Waals surface area contributed by atoms with E-state index in [1.165, 1.54) is 6.92 Å². The lowest BCUT2D eigenvalue weighted by atomic mass is 9.90. The van der Waals surface area contributed by atoms with Crippen molar-refractivity contribution in [2.75, 3.05) is 56.6 Å². The van der Waals surface area contributed by atoms with Gasteiger partial charge in [-0.05, 0) is 45.7 Å². The smallest absolute Gasteiger partial charge is 0.418 e. The third-order valence-corrected chi connectivity index (χ3v) is 9.01. The Morgan fingerprint density at radius 2 is 2.09 bits per heavy atom. The van der Waals surface area contributed by atoms with Crippen molar-refractivity contribution < 1.29 is 36.9 Å². The molecule has 3 saturated heterocycles. The fourth-order valence-electron chi connectivity index (χ4n) is 7.11. The standard InChI is InChI=1S/C32H37F4N5O4/c1-4-6-20-11-22(37)27(33)25(26(20)32(34,35)36)24-12-23-21(15-44-24)28(40-9-10-43-17-30(3,42)16-40)39-29(38-23)45-18-31-7-5-8-41(31)14-19(2)13-31/h11,24,42H,2,5,7-10,12-18,37H2,1,3H3. The Balaban J connectivity index is 1.41. The van der Waals surface area contributed by atoms with E-state index >= 15 is 4.39 Å². The molecular weight excluding hydrogens is 594 g/mol. The second-order valence-corrected chi connectivity index (χ2v) is 12.7. The number of hydrogen-bond acceptors (Lipinski definition) is 9. The number of aromatic nitrogens is 2. The van der Waals surface area contributed by atoms with Crippen LogP contribution in [-0.2, 0) is 28.7 Å². The van der Waals surface area contributed by atoms with E-state index in [9.17, 15) is 18.3 Å². The summed E-state index contributed by atoms with van der Waals surface area (Å²) < 4.78 is 76.7. The Kier molecular flexibility index (Phi) is 8.22. The van der Waals surface area contributed by atoms with Gasteiger partial charge in [-0.25, -0.2) is 4.39 Å². The van der Waals surface area contributed by atoms with Gasteiger partial charge in [0.2, 0.25) is 0 Å². The van der Waals surface area contributed by atoms with Crippen LogP contribution >= 0.6 is 0 Å². The van der Waals surface area contributed by atoms with Crippen LogP contribution < -0.4 is 15.4 Å². The SMILES string of the molecule is C=C1CN2CCCC2(COc2nc3c(c(N4CCOCC(C)(O)C4)n2)COC(c2c(F)c(N)cc(C#CC)c2C(F)(F)F)C3)C1. The zero-order chi connectivity index (χ0) is 32.1. The second-order valence-electron chi connectivity index (χ2n) is 12.7. The van der Waals surface area contributed by atoms with Crippen LogP contribution in [0.25, 0.3) is 0 Å². The van der Waals surface area contributed by atoms with E-state index in [-0.39, 0.29) is 37.7 Å². The normalized spacial score (nSPS) is 27.0. The van der Waals surface area contributed by atoms with Gasteiger partial charge in [0, 0.05) is 36.2 Å². The quantitative estimate of drug-likeness (QED) is 0.218. The van der Waals surface area contributed by atoms with Gasteiger partial charge in [0.15, 0.2) is 5.82 Å². The molecule has 1 aromatic heterocycles. The second kappa shape index (κ2) is 11.7. The fraction of sp³-hybridized carbons (Fsp3) is 0.562. The van der Waals surface area contributed by atoms with Gasteiger partial charge in [0.05, 0.1) is 55.0 Å². The van der Waals surface area contributed by atoms with E-state index in [1.807, 2.05) is 4.90 Å². The lowest BCUT2D eigenvalue weighted by molar-refractivity contribution is -0.140. The summed E-state index contributed by atoms with van der Waals surface area (Å²) >= 11 is 0. The van der Waals surface area contributed by atoms with E-state index in [0.29, 0.717) is 36.8 Å². The zero-order valence-electron chi connectivity index (χ0n) is 25.4. The summed E-state index contributed by atoms with van der Waals surface area (Å²) in [5, 5.41) is 10.9. The number of fused-ring (bicyclic) bond motifs is 2. The molecule has 3 fully saturated rings. The summed E-state index contributed by atoms with van der Waals surface area (Å²) in [5.74, 6) is 4.10. The molecule has 242 valence electrons. The van der Waals surface area contributed by atoms with Gasteiger partial charge in [-0.15, -0.1) is 5.92 Å². The summed E-state index contributed by atoms with van der Waals surface area (Å²) in [4.78, 5) is 13.6. The summed E-state index contributed by atoms with van der Waals surface area (Å²) in [5.41, 5.74) is 3.65. The molecule has 9 nitrogen and oxygen atoms in total. The number of anilines is 2. The summed E-state index contributed by atoms with van der Waals surface area (Å²) in [6, 6.07) is 0.951. The lowest BCUT2D eigenvalue weighted by Gasteiger charge is -2.34. The van der Waals surface area contributed by atoms with Crippen molar-refractivity contribution in [3.05, 3.63) is 52.0 Å². The molecule has 4 aliphatic rings. The topological polar surface area (TPSA) is 106 Å². The summed E-state index contributed by atoms with van der Waals surface area (Å²) in [7, 11) is 0. The maximum Gasteiger partial charge on any atom is 0.418 e. The highest BCUT2D eigenvalue weighted by atomic mass is 19.4.